The molecule has 1 unspecified atom stereocenters. The molecule has 0 bridgehead atoms. The molecule has 1 N–H and O–H groups in total. The summed E-state index contributed by atoms with van der Waals surface area (Å²) in [4.78, 5) is 23.3. The highest BCUT2D eigenvalue weighted by molar-refractivity contribution is 9.10. The summed E-state index contributed by atoms with van der Waals surface area (Å²) in [7, 11) is 0. The van der Waals surface area contributed by atoms with Crippen molar-refractivity contribution in [3.8, 4) is 0 Å². The summed E-state index contributed by atoms with van der Waals surface area (Å²) in [6.45, 7) is 0.926. The third kappa shape index (κ3) is 4.31. The molecule has 1 heterocycles. The van der Waals surface area contributed by atoms with Crippen molar-refractivity contribution in [3.63, 3.8) is 0 Å². The number of ether oxygens (including phenoxy) is 2. The number of nitrogens with one attached hydrogen (secondary N) is 1. The van der Waals surface area contributed by atoms with Crippen LogP contribution in [0.1, 0.15) is 23.2 Å². The second kappa shape index (κ2) is 7.40. The zero-order valence-corrected chi connectivity index (χ0v) is 12.5. The van der Waals surface area contributed by atoms with E-state index < -0.39 is 5.97 Å². The molecule has 5 nitrogen and oxygen atoms in total. The van der Waals surface area contributed by atoms with Crippen LogP contribution in [0.5, 0.6) is 0 Å². The van der Waals surface area contributed by atoms with Crippen molar-refractivity contribution in [1.82, 2.24) is 5.32 Å². The maximum Gasteiger partial charge on any atom is 0.339 e. The third-order valence-corrected chi connectivity index (χ3v) is 3.67. The van der Waals surface area contributed by atoms with Gasteiger partial charge in [0.1, 0.15) is 0 Å². The van der Waals surface area contributed by atoms with E-state index in [1.165, 1.54) is 0 Å². The monoisotopic (exact) mass is 341 g/mol. The fourth-order valence-corrected chi connectivity index (χ4v) is 2.37. The van der Waals surface area contributed by atoms with E-state index in [0.29, 0.717) is 16.6 Å². The Morgan fingerprint density at radius 3 is 2.90 bits per heavy atom. The summed E-state index contributed by atoms with van der Waals surface area (Å²) < 4.78 is 11.0. The smallest absolute Gasteiger partial charge is 0.339 e. The Balaban J connectivity index is 1.72. The van der Waals surface area contributed by atoms with Crippen LogP contribution in [-0.4, -0.2) is 37.7 Å². The molecule has 1 amide bonds. The Bertz CT molecular complexity index is 486. The first-order chi connectivity index (χ1) is 9.66. The SMILES string of the molecule is O=C(COC(=O)c1ccccc1Br)NCC1CCCO1. The van der Waals surface area contributed by atoms with Crippen LogP contribution in [0.4, 0.5) is 0 Å². The average molecular weight is 342 g/mol. The first kappa shape index (κ1) is 15.0. The number of carbonyl (C=O) groups is 2. The lowest BCUT2D eigenvalue weighted by Crippen LogP contribution is -2.34. The van der Waals surface area contributed by atoms with Crippen LogP contribution in [-0.2, 0) is 14.3 Å². The molecule has 1 aromatic rings. The van der Waals surface area contributed by atoms with Crippen molar-refractivity contribution >= 4 is 27.8 Å². The molecule has 6 heteroatoms. The molecular weight excluding hydrogens is 326 g/mol. The normalized spacial score (nSPS) is 17.8. The Labute approximate surface area is 125 Å². The van der Waals surface area contributed by atoms with Crippen molar-refractivity contribution in [3.05, 3.63) is 34.3 Å². The highest BCUT2D eigenvalue weighted by atomic mass is 79.9. The standard InChI is InChI=1S/C14H16BrNO4/c15-12-6-2-1-5-11(12)14(18)20-9-13(17)16-8-10-4-3-7-19-10/h1-2,5-6,10H,3-4,7-9H2,(H,16,17). The molecule has 1 aromatic carbocycles. The molecule has 1 fully saturated rings. The number of halogens is 1. The van der Waals surface area contributed by atoms with Crippen LogP contribution < -0.4 is 5.32 Å². The van der Waals surface area contributed by atoms with Crippen molar-refractivity contribution in [2.75, 3.05) is 19.8 Å². The molecule has 1 saturated heterocycles. The molecular formula is C14H16BrNO4. The fraction of sp³-hybridized carbons (Fsp3) is 0.429. The maximum absolute atomic E-state index is 11.8. The second-order valence-electron chi connectivity index (χ2n) is 4.50. The van der Waals surface area contributed by atoms with Gasteiger partial charge in [0.15, 0.2) is 6.61 Å². The number of carbonyl (C=O) groups excluding carboxylic acids is 2. The van der Waals surface area contributed by atoms with E-state index in [0.717, 1.165) is 19.4 Å². The maximum atomic E-state index is 11.8. The van der Waals surface area contributed by atoms with Gasteiger partial charge in [-0.25, -0.2) is 4.79 Å². The van der Waals surface area contributed by atoms with Crippen LogP contribution in [0, 0.1) is 0 Å². The summed E-state index contributed by atoms with van der Waals surface area (Å²) in [5, 5.41) is 2.69. The highest BCUT2D eigenvalue weighted by Gasteiger charge is 2.17. The number of esters is 1. The highest BCUT2D eigenvalue weighted by Crippen LogP contribution is 2.16. The number of hydrogen-bond donors (Lipinski definition) is 1. The van der Waals surface area contributed by atoms with Gasteiger partial charge in [-0.3, -0.25) is 4.79 Å². The number of hydrogen-bond acceptors (Lipinski definition) is 4. The molecule has 1 atom stereocenters. The van der Waals surface area contributed by atoms with E-state index in [4.69, 9.17) is 9.47 Å². The van der Waals surface area contributed by atoms with Gasteiger partial charge < -0.3 is 14.8 Å². The van der Waals surface area contributed by atoms with Gasteiger partial charge in [0.2, 0.25) is 0 Å². The summed E-state index contributed by atoms with van der Waals surface area (Å²) in [5.74, 6) is -0.842. The lowest BCUT2D eigenvalue weighted by atomic mass is 10.2. The summed E-state index contributed by atoms with van der Waals surface area (Å²) in [6.07, 6.45) is 2.06. The van der Waals surface area contributed by atoms with Crippen LogP contribution in [0.15, 0.2) is 28.7 Å². The van der Waals surface area contributed by atoms with Gasteiger partial charge in [0, 0.05) is 17.6 Å². The largest absolute Gasteiger partial charge is 0.452 e. The average Bonchev–Trinajstić information content (AvgIpc) is 2.96. The van der Waals surface area contributed by atoms with E-state index in [1.807, 2.05) is 0 Å². The number of rotatable bonds is 5. The molecule has 108 valence electrons. The first-order valence-corrected chi connectivity index (χ1v) is 7.26. The predicted molar refractivity (Wildman–Crippen MR) is 76.4 cm³/mol. The number of benzene rings is 1. The summed E-state index contributed by atoms with van der Waals surface area (Å²) >= 11 is 3.26. The molecule has 0 radical (unpaired) electrons. The predicted octanol–water partition coefficient (Wildman–Crippen LogP) is 1.90. The summed E-state index contributed by atoms with van der Waals surface area (Å²) in [6, 6.07) is 6.92. The van der Waals surface area contributed by atoms with Gasteiger partial charge in [-0.15, -0.1) is 0 Å². The van der Waals surface area contributed by atoms with Gasteiger partial charge in [0.25, 0.3) is 5.91 Å². The molecule has 0 aromatic heterocycles. The molecule has 2 rings (SSSR count). The quantitative estimate of drug-likeness (QED) is 0.831. The Morgan fingerprint density at radius 1 is 1.40 bits per heavy atom. The molecule has 0 aliphatic carbocycles. The Hall–Kier alpha value is -1.40. The minimum atomic E-state index is -0.523. The molecule has 1 aliphatic heterocycles. The Kier molecular flexibility index (Phi) is 5.55. The van der Waals surface area contributed by atoms with Crippen LogP contribution >= 0.6 is 15.9 Å². The zero-order chi connectivity index (χ0) is 14.4. The zero-order valence-electron chi connectivity index (χ0n) is 10.9. The van der Waals surface area contributed by atoms with Crippen molar-refractivity contribution in [1.29, 1.82) is 0 Å². The van der Waals surface area contributed by atoms with Crippen LogP contribution in [0.2, 0.25) is 0 Å². The number of amides is 1. The minimum absolute atomic E-state index is 0.0814. The molecule has 0 spiro atoms. The first-order valence-electron chi connectivity index (χ1n) is 6.47. The second-order valence-corrected chi connectivity index (χ2v) is 5.35. The van der Waals surface area contributed by atoms with Gasteiger partial charge >= 0.3 is 5.97 Å². The van der Waals surface area contributed by atoms with Crippen molar-refractivity contribution in [2.24, 2.45) is 0 Å². The topological polar surface area (TPSA) is 64.6 Å². The van der Waals surface area contributed by atoms with Crippen LogP contribution in [0.3, 0.4) is 0 Å². The lowest BCUT2D eigenvalue weighted by molar-refractivity contribution is -0.124. The van der Waals surface area contributed by atoms with E-state index >= 15 is 0 Å². The van der Waals surface area contributed by atoms with Crippen molar-refractivity contribution in [2.45, 2.75) is 18.9 Å². The van der Waals surface area contributed by atoms with E-state index in [2.05, 4.69) is 21.2 Å². The fourth-order valence-electron chi connectivity index (χ4n) is 1.92. The minimum Gasteiger partial charge on any atom is -0.452 e. The van der Waals surface area contributed by atoms with Gasteiger partial charge in [-0.05, 0) is 40.9 Å². The van der Waals surface area contributed by atoms with E-state index in [-0.39, 0.29) is 18.6 Å². The van der Waals surface area contributed by atoms with E-state index in [9.17, 15) is 9.59 Å². The van der Waals surface area contributed by atoms with E-state index in [1.54, 1.807) is 24.3 Å². The van der Waals surface area contributed by atoms with Gasteiger partial charge in [-0.2, -0.15) is 0 Å². The molecule has 1 aliphatic rings. The summed E-state index contributed by atoms with van der Waals surface area (Å²) in [5.41, 5.74) is 0.402. The van der Waals surface area contributed by atoms with Gasteiger partial charge in [-0.1, -0.05) is 12.1 Å². The molecule has 0 saturated carbocycles. The third-order valence-electron chi connectivity index (χ3n) is 2.98. The van der Waals surface area contributed by atoms with Gasteiger partial charge in [0.05, 0.1) is 11.7 Å². The van der Waals surface area contributed by atoms with Crippen LogP contribution in [0.25, 0.3) is 0 Å². The lowest BCUT2D eigenvalue weighted by Gasteiger charge is -2.11. The Morgan fingerprint density at radius 2 is 2.20 bits per heavy atom. The van der Waals surface area contributed by atoms with Crippen molar-refractivity contribution < 1.29 is 19.1 Å². The molecule has 20 heavy (non-hydrogen) atoms.